The van der Waals surface area contributed by atoms with E-state index < -0.39 is 0 Å². The predicted octanol–water partition coefficient (Wildman–Crippen LogP) is 5.01. The summed E-state index contributed by atoms with van der Waals surface area (Å²) >= 11 is 6.79. The number of halogens is 2. The monoisotopic (exact) mass is 395 g/mol. The molecule has 1 atom stereocenters. The molecule has 20 heavy (non-hydrogen) atoms. The van der Waals surface area contributed by atoms with E-state index in [2.05, 4.69) is 37.2 Å². The third kappa shape index (κ3) is 3.70. The highest BCUT2D eigenvalue weighted by atomic mass is 79.9. The van der Waals surface area contributed by atoms with E-state index in [9.17, 15) is 4.79 Å². The molecule has 0 bridgehead atoms. The summed E-state index contributed by atoms with van der Waals surface area (Å²) in [6.45, 7) is 4.03. The van der Waals surface area contributed by atoms with Crippen molar-refractivity contribution in [2.24, 2.45) is 0 Å². The largest absolute Gasteiger partial charge is 0.345 e. The minimum absolute atomic E-state index is 0.0290. The summed E-state index contributed by atoms with van der Waals surface area (Å²) in [4.78, 5) is 12.3. The van der Waals surface area contributed by atoms with Crippen LogP contribution in [0.15, 0.2) is 51.4 Å². The van der Waals surface area contributed by atoms with Crippen molar-refractivity contribution in [2.45, 2.75) is 19.9 Å². The van der Waals surface area contributed by atoms with E-state index in [0.717, 1.165) is 14.5 Å². The van der Waals surface area contributed by atoms with Crippen LogP contribution in [0.5, 0.6) is 0 Å². The maximum Gasteiger partial charge on any atom is 0.252 e. The summed E-state index contributed by atoms with van der Waals surface area (Å²) in [5.74, 6) is -0.0857. The first-order chi connectivity index (χ1) is 9.47. The molecule has 2 nitrogen and oxygen atoms in total. The van der Waals surface area contributed by atoms with E-state index >= 15 is 0 Å². The molecule has 0 fully saturated rings. The lowest BCUT2D eigenvalue weighted by Crippen LogP contribution is -2.26. The molecule has 2 rings (SSSR count). The van der Waals surface area contributed by atoms with E-state index in [-0.39, 0.29) is 11.9 Å². The van der Waals surface area contributed by atoms with Gasteiger partial charge >= 0.3 is 0 Å². The zero-order valence-electron chi connectivity index (χ0n) is 11.3. The molecule has 0 radical (unpaired) electrons. The summed E-state index contributed by atoms with van der Waals surface area (Å²) in [6.07, 6.45) is 0. The van der Waals surface area contributed by atoms with Crippen molar-refractivity contribution in [3.8, 4) is 0 Å². The summed E-state index contributed by atoms with van der Waals surface area (Å²) in [7, 11) is 0. The molecule has 0 spiro atoms. The molecule has 0 aliphatic carbocycles. The maximum absolute atomic E-state index is 12.3. The number of rotatable bonds is 3. The average molecular weight is 397 g/mol. The zero-order valence-corrected chi connectivity index (χ0v) is 14.5. The first-order valence-electron chi connectivity index (χ1n) is 6.30. The summed E-state index contributed by atoms with van der Waals surface area (Å²) < 4.78 is 1.72. The molecule has 0 aliphatic heterocycles. The van der Waals surface area contributed by atoms with Crippen LogP contribution in [0.4, 0.5) is 0 Å². The SMILES string of the molecule is Cc1ccc(C(C)NC(=O)c2ccc(Br)cc2Br)cc1. The smallest absolute Gasteiger partial charge is 0.252 e. The van der Waals surface area contributed by atoms with Gasteiger partial charge < -0.3 is 5.32 Å². The number of carbonyl (C=O) groups is 1. The average Bonchev–Trinajstić information content (AvgIpc) is 2.39. The quantitative estimate of drug-likeness (QED) is 0.775. The third-order valence-corrected chi connectivity index (χ3v) is 4.25. The number of carbonyl (C=O) groups excluding carboxylic acids is 1. The molecule has 2 aromatic carbocycles. The van der Waals surface area contributed by atoms with E-state index in [1.54, 1.807) is 6.07 Å². The molecule has 0 saturated carbocycles. The minimum Gasteiger partial charge on any atom is -0.345 e. The number of nitrogens with one attached hydrogen (secondary N) is 1. The van der Waals surface area contributed by atoms with Crippen molar-refractivity contribution in [1.82, 2.24) is 5.32 Å². The standard InChI is InChI=1S/C16H15Br2NO/c1-10-3-5-12(6-4-10)11(2)19-16(20)14-8-7-13(17)9-15(14)18/h3-9,11H,1-2H3,(H,19,20). The lowest BCUT2D eigenvalue weighted by molar-refractivity contribution is 0.0939. The van der Waals surface area contributed by atoms with Gasteiger partial charge in [0, 0.05) is 8.95 Å². The van der Waals surface area contributed by atoms with Gasteiger partial charge in [-0.2, -0.15) is 0 Å². The molecule has 2 aromatic rings. The van der Waals surface area contributed by atoms with Gasteiger partial charge in [0.25, 0.3) is 5.91 Å². The highest BCUT2D eigenvalue weighted by molar-refractivity contribution is 9.11. The molecule has 0 saturated heterocycles. The van der Waals surface area contributed by atoms with Crippen molar-refractivity contribution in [3.63, 3.8) is 0 Å². The Morgan fingerprint density at radius 1 is 1.10 bits per heavy atom. The summed E-state index contributed by atoms with van der Waals surface area (Å²) in [5.41, 5.74) is 2.94. The van der Waals surface area contributed by atoms with Crippen LogP contribution in [0.25, 0.3) is 0 Å². The molecule has 1 N–H and O–H groups in total. The fourth-order valence-electron chi connectivity index (χ4n) is 1.89. The molecule has 1 amide bonds. The lowest BCUT2D eigenvalue weighted by atomic mass is 10.1. The Hall–Kier alpha value is -1.13. The lowest BCUT2D eigenvalue weighted by Gasteiger charge is -2.15. The number of benzene rings is 2. The van der Waals surface area contributed by atoms with Crippen LogP contribution in [-0.2, 0) is 0 Å². The van der Waals surface area contributed by atoms with E-state index in [1.165, 1.54) is 5.56 Å². The topological polar surface area (TPSA) is 29.1 Å². The summed E-state index contributed by atoms with van der Waals surface area (Å²) in [5, 5.41) is 3.01. The first kappa shape index (κ1) is 15.3. The number of hydrogen-bond acceptors (Lipinski definition) is 1. The van der Waals surface area contributed by atoms with Crippen LogP contribution in [0.2, 0.25) is 0 Å². The van der Waals surface area contributed by atoms with Gasteiger partial charge in [0.1, 0.15) is 0 Å². The fourth-order valence-corrected chi connectivity index (χ4v) is 3.11. The molecule has 4 heteroatoms. The van der Waals surface area contributed by atoms with Crippen LogP contribution in [-0.4, -0.2) is 5.91 Å². The van der Waals surface area contributed by atoms with Crippen LogP contribution in [0.1, 0.15) is 34.5 Å². The Morgan fingerprint density at radius 2 is 1.75 bits per heavy atom. The van der Waals surface area contributed by atoms with Crippen molar-refractivity contribution in [3.05, 3.63) is 68.1 Å². The maximum atomic E-state index is 12.3. The van der Waals surface area contributed by atoms with E-state index in [1.807, 2.05) is 50.2 Å². The molecular weight excluding hydrogens is 382 g/mol. The zero-order chi connectivity index (χ0) is 14.7. The van der Waals surface area contributed by atoms with Gasteiger partial charge in [0.05, 0.1) is 11.6 Å². The van der Waals surface area contributed by atoms with Crippen LogP contribution in [0.3, 0.4) is 0 Å². The molecule has 0 heterocycles. The van der Waals surface area contributed by atoms with Gasteiger partial charge in [-0.1, -0.05) is 45.8 Å². The number of hydrogen-bond donors (Lipinski definition) is 1. The van der Waals surface area contributed by atoms with Gasteiger partial charge in [-0.05, 0) is 53.5 Å². The third-order valence-electron chi connectivity index (χ3n) is 3.10. The number of amides is 1. The van der Waals surface area contributed by atoms with Crippen LogP contribution in [0, 0.1) is 6.92 Å². The molecule has 0 aliphatic rings. The predicted molar refractivity (Wildman–Crippen MR) is 88.9 cm³/mol. The van der Waals surface area contributed by atoms with Gasteiger partial charge in [-0.15, -0.1) is 0 Å². The molecule has 1 unspecified atom stereocenters. The van der Waals surface area contributed by atoms with Crippen molar-refractivity contribution < 1.29 is 4.79 Å². The molecule has 104 valence electrons. The van der Waals surface area contributed by atoms with E-state index in [0.29, 0.717) is 5.56 Å². The van der Waals surface area contributed by atoms with Gasteiger partial charge in [-0.25, -0.2) is 0 Å². The highest BCUT2D eigenvalue weighted by Gasteiger charge is 2.14. The second-order valence-electron chi connectivity index (χ2n) is 4.73. The molecular formula is C16H15Br2NO. The minimum atomic E-state index is -0.0857. The second kappa shape index (κ2) is 6.55. The van der Waals surface area contributed by atoms with Gasteiger partial charge in [0.2, 0.25) is 0 Å². The van der Waals surface area contributed by atoms with Gasteiger partial charge in [0.15, 0.2) is 0 Å². The van der Waals surface area contributed by atoms with Crippen LogP contribution >= 0.6 is 31.9 Å². The van der Waals surface area contributed by atoms with Crippen LogP contribution < -0.4 is 5.32 Å². The Balaban J connectivity index is 2.13. The van der Waals surface area contributed by atoms with Crippen molar-refractivity contribution >= 4 is 37.8 Å². The van der Waals surface area contributed by atoms with Crippen molar-refractivity contribution in [1.29, 1.82) is 0 Å². The first-order valence-corrected chi connectivity index (χ1v) is 7.88. The Kier molecular flexibility index (Phi) is 5.00. The Labute approximate surface area is 135 Å². The summed E-state index contributed by atoms with van der Waals surface area (Å²) in [6, 6.07) is 13.7. The normalized spacial score (nSPS) is 12.0. The van der Waals surface area contributed by atoms with Crippen molar-refractivity contribution in [2.75, 3.05) is 0 Å². The molecule has 0 aromatic heterocycles. The second-order valence-corrected chi connectivity index (χ2v) is 6.50. The number of aryl methyl sites for hydroxylation is 1. The fraction of sp³-hybridized carbons (Fsp3) is 0.188. The highest BCUT2D eigenvalue weighted by Crippen LogP contribution is 2.23. The Morgan fingerprint density at radius 3 is 2.35 bits per heavy atom. The van der Waals surface area contributed by atoms with E-state index in [4.69, 9.17) is 0 Å². The Bertz CT molecular complexity index is 623. The van der Waals surface area contributed by atoms with Gasteiger partial charge in [-0.3, -0.25) is 4.79 Å².